The molecule has 0 aliphatic heterocycles. The summed E-state index contributed by atoms with van der Waals surface area (Å²) in [5.74, 6) is 0. The number of hydrogen-bond donors (Lipinski definition) is 1. The zero-order valence-corrected chi connectivity index (χ0v) is 9.64. The van der Waals surface area contributed by atoms with Crippen molar-refractivity contribution in [2.24, 2.45) is 0 Å². The van der Waals surface area contributed by atoms with Crippen molar-refractivity contribution in [1.82, 2.24) is 5.32 Å². The Labute approximate surface area is 91.5 Å². The molecule has 0 saturated carbocycles. The molecule has 0 aliphatic rings. The van der Waals surface area contributed by atoms with Gasteiger partial charge in [0.15, 0.2) is 0 Å². The van der Waals surface area contributed by atoms with Crippen LogP contribution < -0.4 is 5.32 Å². The van der Waals surface area contributed by atoms with Crippen LogP contribution in [0, 0.1) is 0 Å². The maximum absolute atomic E-state index is 5.81. The van der Waals surface area contributed by atoms with E-state index in [2.05, 4.69) is 24.4 Å². The fraction of sp³-hybridized carbons (Fsp3) is 0.500. The van der Waals surface area contributed by atoms with Gasteiger partial charge in [0.25, 0.3) is 0 Å². The van der Waals surface area contributed by atoms with Crippen LogP contribution in [0.15, 0.2) is 24.3 Å². The van der Waals surface area contributed by atoms with E-state index < -0.39 is 0 Å². The van der Waals surface area contributed by atoms with Gasteiger partial charge in [-0.05, 0) is 50.9 Å². The molecule has 1 aromatic rings. The maximum Gasteiger partial charge on any atom is 0.0406 e. The number of hydrogen-bond acceptors (Lipinski definition) is 1. The Morgan fingerprint density at radius 1 is 1.29 bits per heavy atom. The molecule has 1 rings (SSSR count). The molecule has 0 heterocycles. The summed E-state index contributed by atoms with van der Waals surface area (Å²) >= 11 is 5.81. The molecule has 0 amide bonds. The topological polar surface area (TPSA) is 12.0 Å². The normalized spacial score (nSPS) is 12.8. The highest BCUT2D eigenvalue weighted by Crippen LogP contribution is 2.12. The second-order valence-electron chi connectivity index (χ2n) is 3.71. The fourth-order valence-electron chi connectivity index (χ4n) is 1.41. The second kappa shape index (κ2) is 6.05. The quantitative estimate of drug-likeness (QED) is 0.789. The van der Waals surface area contributed by atoms with E-state index >= 15 is 0 Å². The van der Waals surface area contributed by atoms with Gasteiger partial charge >= 0.3 is 0 Å². The van der Waals surface area contributed by atoms with E-state index in [1.807, 2.05) is 19.2 Å². The van der Waals surface area contributed by atoms with Crippen LogP contribution >= 0.6 is 11.6 Å². The zero-order chi connectivity index (χ0) is 10.4. The first kappa shape index (κ1) is 11.5. The molecule has 14 heavy (non-hydrogen) atoms. The largest absolute Gasteiger partial charge is 0.317 e. The first-order valence-corrected chi connectivity index (χ1v) is 5.52. The van der Waals surface area contributed by atoms with Gasteiger partial charge in [-0.1, -0.05) is 23.7 Å². The van der Waals surface area contributed by atoms with Gasteiger partial charge < -0.3 is 5.32 Å². The third-order valence-corrected chi connectivity index (χ3v) is 2.76. The lowest BCUT2D eigenvalue weighted by Gasteiger charge is -2.09. The lowest BCUT2D eigenvalue weighted by Crippen LogP contribution is -2.20. The van der Waals surface area contributed by atoms with Crippen molar-refractivity contribution >= 4 is 11.6 Å². The summed E-state index contributed by atoms with van der Waals surface area (Å²) in [7, 11) is 2.01. The van der Waals surface area contributed by atoms with Crippen molar-refractivity contribution in [2.45, 2.75) is 32.2 Å². The molecule has 1 nitrogen and oxygen atoms in total. The van der Waals surface area contributed by atoms with Crippen molar-refractivity contribution in [2.75, 3.05) is 7.05 Å². The lowest BCUT2D eigenvalue weighted by molar-refractivity contribution is 0.542. The minimum Gasteiger partial charge on any atom is -0.317 e. The van der Waals surface area contributed by atoms with Gasteiger partial charge in [0.2, 0.25) is 0 Å². The van der Waals surface area contributed by atoms with Crippen molar-refractivity contribution in [3.05, 3.63) is 34.9 Å². The van der Waals surface area contributed by atoms with Crippen LogP contribution in [0.25, 0.3) is 0 Å². The molecule has 78 valence electrons. The Morgan fingerprint density at radius 2 is 1.93 bits per heavy atom. The van der Waals surface area contributed by atoms with Crippen LogP contribution in [0.5, 0.6) is 0 Å². The summed E-state index contributed by atoms with van der Waals surface area (Å²) in [5.41, 5.74) is 1.37. The molecule has 0 fully saturated rings. The molecule has 1 atom stereocenters. The minimum atomic E-state index is 0.613. The molecule has 0 spiro atoms. The van der Waals surface area contributed by atoms with E-state index in [-0.39, 0.29) is 0 Å². The smallest absolute Gasteiger partial charge is 0.0406 e. The Kier molecular flexibility index (Phi) is 4.99. The van der Waals surface area contributed by atoms with Crippen LogP contribution in [0.3, 0.4) is 0 Å². The van der Waals surface area contributed by atoms with Crippen LogP contribution in [-0.2, 0) is 6.42 Å². The first-order chi connectivity index (χ1) is 6.72. The summed E-state index contributed by atoms with van der Waals surface area (Å²) in [4.78, 5) is 0. The zero-order valence-electron chi connectivity index (χ0n) is 8.89. The highest BCUT2D eigenvalue weighted by molar-refractivity contribution is 6.30. The molecular formula is C12H18ClN. The van der Waals surface area contributed by atoms with E-state index in [1.54, 1.807) is 0 Å². The highest BCUT2D eigenvalue weighted by Gasteiger charge is 1.98. The monoisotopic (exact) mass is 211 g/mol. The third-order valence-electron chi connectivity index (χ3n) is 2.51. The molecule has 0 saturated heterocycles. The van der Waals surface area contributed by atoms with Crippen molar-refractivity contribution in [3.63, 3.8) is 0 Å². The number of nitrogens with one attached hydrogen (secondary N) is 1. The van der Waals surface area contributed by atoms with E-state index in [9.17, 15) is 0 Å². The van der Waals surface area contributed by atoms with E-state index in [1.165, 1.54) is 18.4 Å². The number of halogens is 1. The molecule has 1 unspecified atom stereocenters. The summed E-state index contributed by atoms with van der Waals surface area (Å²) in [6, 6.07) is 8.73. The van der Waals surface area contributed by atoms with Crippen LogP contribution in [0.1, 0.15) is 25.3 Å². The average molecular weight is 212 g/mol. The van der Waals surface area contributed by atoms with Gasteiger partial charge in [0.1, 0.15) is 0 Å². The third kappa shape index (κ3) is 4.12. The molecule has 0 aliphatic carbocycles. The molecular weight excluding hydrogens is 194 g/mol. The van der Waals surface area contributed by atoms with Crippen LogP contribution in [-0.4, -0.2) is 13.1 Å². The van der Waals surface area contributed by atoms with E-state index in [0.29, 0.717) is 6.04 Å². The van der Waals surface area contributed by atoms with Gasteiger partial charge in [-0.3, -0.25) is 0 Å². The van der Waals surface area contributed by atoms with Gasteiger partial charge in [-0.25, -0.2) is 0 Å². The maximum atomic E-state index is 5.81. The molecule has 0 bridgehead atoms. The number of aryl methyl sites for hydroxylation is 1. The van der Waals surface area contributed by atoms with Crippen LogP contribution in [0.4, 0.5) is 0 Å². The predicted octanol–water partition coefficient (Wildman–Crippen LogP) is 3.27. The minimum absolute atomic E-state index is 0.613. The predicted molar refractivity (Wildman–Crippen MR) is 62.9 cm³/mol. The van der Waals surface area contributed by atoms with Crippen molar-refractivity contribution < 1.29 is 0 Å². The first-order valence-electron chi connectivity index (χ1n) is 5.14. The van der Waals surface area contributed by atoms with Crippen molar-refractivity contribution in [1.29, 1.82) is 0 Å². The Hall–Kier alpha value is -0.530. The average Bonchev–Trinajstić information content (AvgIpc) is 2.21. The standard InChI is InChI=1S/C12H18ClN/c1-10(14-2)4-3-5-11-6-8-12(13)9-7-11/h6-10,14H,3-5H2,1-2H3. The lowest BCUT2D eigenvalue weighted by atomic mass is 10.1. The Morgan fingerprint density at radius 3 is 2.50 bits per heavy atom. The van der Waals surface area contributed by atoms with Gasteiger partial charge in [-0.2, -0.15) is 0 Å². The second-order valence-corrected chi connectivity index (χ2v) is 4.14. The molecule has 0 radical (unpaired) electrons. The van der Waals surface area contributed by atoms with Gasteiger partial charge in [0.05, 0.1) is 0 Å². The summed E-state index contributed by atoms with van der Waals surface area (Å²) < 4.78 is 0. The van der Waals surface area contributed by atoms with E-state index in [0.717, 1.165) is 11.4 Å². The fourth-order valence-corrected chi connectivity index (χ4v) is 1.53. The van der Waals surface area contributed by atoms with E-state index in [4.69, 9.17) is 11.6 Å². The highest BCUT2D eigenvalue weighted by atomic mass is 35.5. The van der Waals surface area contributed by atoms with Gasteiger partial charge in [-0.15, -0.1) is 0 Å². The summed E-state index contributed by atoms with van der Waals surface area (Å²) in [6.07, 6.45) is 3.59. The van der Waals surface area contributed by atoms with Gasteiger partial charge in [0, 0.05) is 11.1 Å². The summed E-state index contributed by atoms with van der Waals surface area (Å²) in [6.45, 7) is 2.21. The summed E-state index contributed by atoms with van der Waals surface area (Å²) in [5, 5.41) is 4.06. The molecule has 2 heteroatoms. The molecule has 0 aromatic heterocycles. The SMILES string of the molecule is CNC(C)CCCc1ccc(Cl)cc1. The number of rotatable bonds is 5. The number of benzene rings is 1. The Balaban J connectivity index is 2.28. The molecule has 1 aromatic carbocycles. The van der Waals surface area contributed by atoms with Crippen LogP contribution in [0.2, 0.25) is 5.02 Å². The van der Waals surface area contributed by atoms with Crippen molar-refractivity contribution in [3.8, 4) is 0 Å². The Bertz CT molecular complexity index is 256. The molecule has 1 N–H and O–H groups in total.